The van der Waals surface area contributed by atoms with E-state index in [4.69, 9.17) is 0 Å². The van der Waals surface area contributed by atoms with E-state index in [1.807, 2.05) is 0 Å². The molecule has 2 nitrogen and oxygen atoms in total. The molecule has 0 bridgehead atoms. The number of rotatable bonds is 19. The van der Waals surface area contributed by atoms with Gasteiger partial charge in [0.05, 0.1) is 13.1 Å². The highest BCUT2D eigenvalue weighted by atomic mass is 15.1. The number of imidazole rings is 1. The highest BCUT2D eigenvalue weighted by Crippen LogP contribution is 2.11. The lowest BCUT2D eigenvalue weighted by atomic mass is 10.1. The Morgan fingerprint density at radius 1 is 0.630 bits per heavy atom. The zero-order valence-corrected chi connectivity index (χ0v) is 19.0. The summed E-state index contributed by atoms with van der Waals surface area (Å²) in [6.45, 7) is 9.34. The van der Waals surface area contributed by atoms with Gasteiger partial charge in [-0.15, -0.1) is 0 Å². The molecule has 1 aromatic heterocycles. The van der Waals surface area contributed by atoms with Gasteiger partial charge in [-0.05, 0) is 32.1 Å². The van der Waals surface area contributed by atoms with Gasteiger partial charge in [-0.2, -0.15) is 0 Å². The van der Waals surface area contributed by atoms with Gasteiger partial charge in [0.1, 0.15) is 12.4 Å². The van der Waals surface area contributed by atoms with E-state index < -0.39 is 0 Å². The van der Waals surface area contributed by atoms with E-state index in [-0.39, 0.29) is 0 Å². The minimum atomic E-state index is 1.22. The number of aryl methyl sites for hydroxylation is 2. The molecule has 0 amide bonds. The number of hydrogen-bond acceptors (Lipinski definition) is 0. The largest absolute Gasteiger partial charge is 0.256 e. The molecule has 1 rings (SSSR count). The number of unbranched alkanes of at least 4 members (excludes halogenated alkanes) is 13. The molecular formula is C25H49N2+. The van der Waals surface area contributed by atoms with Crippen molar-refractivity contribution < 1.29 is 4.57 Å². The van der Waals surface area contributed by atoms with Gasteiger partial charge in [0.2, 0.25) is 0 Å². The van der Waals surface area contributed by atoms with Crippen molar-refractivity contribution in [3.63, 3.8) is 0 Å². The third-order valence-corrected chi connectivity index (χ3v) is 5.85. The Morgan fingerprint density at radius 2 is 1.15 bits per heavy atom. The van der Waals surface area contributed by atoms with Crippen LogP contribution in [0, 0.1) is 0 Å². The first-order valence-electron chi connectivity index (χ1n) is 12.4. The molecular weight excluding hydrogens is 328 g/mol. The maximum absolute atomic E-state index is 2.57. The lowest BCUT2D eigenvalue weighted by Crippen LogP contribution is -2.37. The zero-order chi connectivity index (χ0) is 19.6. The van der Waals surface area contributed by atoms with Crippen molar-refractivity contribution in [2.75, 3.05) is 0 Å². The molecule has 0 saturated heterocycles. The average molecular weight is 378 g/mol. The van der Waals surface area contributed by atoms with Crippen molar-refractivity contribution >= 4 is 0 Å². The highest BCUT2D eigenvalue weighted by Gasteiger charge is 2.16. The van der Waals surface area contributed by atoms with Crippen LogP contribution in [0.2, 0.25) is 0 Å². The Labute approximate surface area is 170 Å². The molecule has 0 atom stereocenters. The van der Waals surface area contributed by atoms with E-state index in [1.54, 1.807) is 5.82 Å². The lowest BCUT2D eigenvalue weighted by molar-refractivity contribution is -0.704. The van der Waals surface area contributed by atoms with Gasteiger partial charge in [0.25, 0.3) is 5.82 Å². The Kier molecular flexibility index (Phi) is 15.6. The predicted molar refractivity (Wildman–Crippen MR) is 119 cm³/mol. The van der Waals surface area contributed by atoms with Gasteiger partial charge in [-0.3, -0.25) is 0 Å². The van der Waals surface area contributed by atoms with Crippen LogP contribution in [0.15, 0.2) is 12.4 Å². The molecule has 0 aliphatic rings. The monoisotopic (exact) mass is 377 g/mol. The zero-order valence-electron chi connectivity index (χ0n) is 19.0. The minimum absolute atomic E-state index is 1.22. The minimum Gasteiger partial charge on any atom is -0.234 e. The lowest BCUT2D eigenvalue weighted by Gasteiger charge is -2.06. The fraction of sp³-hybridized carbons (Fsp3) is 0.880. The van der Waals surface area contributed by atoms with Gasteiger partial charge >= 0.3 is 0 Å². The van der Waals surface area contributed by atoms with Crippen LogP contribution in [0.4, 0.5) is 0 Å². The van der Waals surface area contributed by atoms with Crippen LogP contribution in [0.1, 0.15) is 129 Å². The van der Waals surface area contributed by atoms with Gasteiger partial charge in [-0.25, -0.2) is 9.13 Å². The summed E-state index contributed by atoms with van der Waals surface area (Å²) >= 11 is 0. The third-order valence-electron chi connectivity index (χ3n) is 5.85. The van der Waals surface area contributed by atoms with Gasteiger partial charge in [-0.1, -0.05) is 91.4 Å². The van der Waals surface area contributed by atoms with Crippen molar-refractivity contribution in [3.05, 3.63) is 18.2 Å². The Bertz CT molecular complexity index is 436. The van der Waals surface area contributed by atoms with Crippen LogP contribution in [-0.4, -0.2) is 4.57 Å². The van der Waals surface area contributed by atoms with E-state index in [0.717, 1.165) is 0 Å². The Morgan fingerprint density at radius 3 is 1.78 bits per heavy atom. The van der Waals surface area contributed by atoms with E-state index >= 15 is 0 Å². The molecule has 2 heteroatoms. The third kappa shape index (κ3) is 11.6. The molecule has 1 heterocycles. The summed E-state index contributed by atoms with van der Waals surface area (Å²) in [4.78, 5) is 0. The maximum Gasteiger partial charge on any atom is 0.256 e. The van der Waals surface area contributed by atoms with Crippen LogP contribution in [-0.2, 0) is 19.5 Å². The van der Waals surface area contributed by atoms with Gasteiger partial charge < -0.3 is 0 Å². The molecule has 0 N–H and O–H groups in total. The number of nitrogens with zero attached hydrogens (tertiary/aromatic N) is 2. The topological polar surface area (TPSA) is 8.81 Å². The summed E-state index contributed by atoms with van der Waals surface area (Å²) in [7, 11) is 0. The van der Waals surface area contributed by atoms with Gasteiger partial charge in [0.15, 0.2) is 0 Å². The standard InChI is InChI=1S/C25H49N2/c1-4-7-10-13-14-15-17-20-25-26(21-18-12-9-6-3)23-24-27(25)22-19-16-11-8-5-2/h23-24H,4-22H2,1-3H3/q+1. The van der Waals surface area contributed by atoms with Gasteiger partial charge in [0, 0.05) is 6.42 Å². The molecule has 0 saturated carbocycles. The van der Waals surface area contributed by atoms with Crippen LogP contribution in [0.25, 0.3) is 0 Å². The first-order valence-corrected chi connectivity index (χ1v) is 12.4. The SMILES string of the molecule is CCCCCCCCCc1n(CCCCCC)cc[n+]1CCCCCCC. The Balaban J connectivity index is 2.44. The molecule has 158 valence electrons. The molecule has 0 fully saturated rings. The highest BCUT2D eigenvalue weighted by molar-refractivity contribution is 4.84. The second-order valence-electron chi connectivity index (χ2n) is 8.45. The first kappa shape index (κ1) is 24.2. The second-order valence-corrected chi connectivity index (χ2v) is 8.45. The second kappa shape index (κ2) is 17.3. The summed E-state index contributed by atoms with van der Waals surface area (Å²) in [6, 6.07) is 0. The summed E-state index contributed by atoms with van der Waals surface area (Å²) in [6.07, 6.45) is 28.1. The summed E-state index contributed by atoms with van der Waals surface area (Å²) in [5, 5.41) is 0. The number of hydrogen-bond donors (Lipinski definition) is 0. The first-order chi connectivity index (χ1) is 13.3. The van der Waals surface area contributed by atoms with Crippen LogP contribution < -0.4 is 4.57 Å². The maximum atomic E-state index is 2.57. The predicted octanol–water partition coefficient (Wildman–Crippen LogP) is 7.62. The fourth-order valence-electron chi connectivity index (χ4n) is 4.03. The van der Waals surface area contributed by atoms with Crippen molar-refractivity contribution in [3.8, 4) is 0 Å². The normalized spacial score (nSPS) is 11.4. The van der Waals surface area contributed by atoms with Crippen LogP contribution >= 0.6 is 0 Å². The molecule has 0 aliphatic heterocycles. The molecule has 27 heavy (non-hydrogen) atoms. The van der Waals surface area contributed by atoms with E-state index in [0.29, 0.717) is 0 Å². The molecule has 0 radical (unpaired) electrons. The molecule has 0 spiro atoms. The summed E-state index contributed by atoms with van der Waals surface area (Å²) in [5.74, 6) is 1.59. The quantitative estimate of drug-likeness (QED) is 0.173. The van der Waals surface area contributed by atoms with E-state index in [1.165, 1.54) is 122 Å². The average Bonchev–Trinajstić information content (AvgIpc) is 3.06. The van der Waals surface area contributed by atoms with E-state index in [9.17, 15) is 0 Å². The molecule has 0 aromatic carbocycles. The molecule has 0 unspecified atom stereocenters. The Hall–Kier alpha value is -0.790. The molecule has 1 aromatic rings. The molecule has 0 aliphatic carbocycles. The van der Waals surface area contributed by atoms with E-state index in [2.05, 4.69) is 42.3 Å². The smallest absolute Gasteiger partial charge is 0.234 e. The van der Waals surface area contributed by atoms with Crippen LogP contribution in [0.3, 0.4) is 0 Å². The number of aromatic nitrogens is 2. The van der Waals surface area contributed by atoms with Crippen LogP contribution in [0.5, 0.6) is 0 Å². The van der Waals surface area contributed by atoms with Crippen molar-refractivity contribution in [1.29, 1.82) is 0 Å². The summed E-state index contributed by atoms with van der Waals surface area (Å²) in [5.41, 5.74) is 0. The summed E-state index contributed by atoms with van der Waals surface area (Å²) < 4.78 is 5.14. The van der Waals surface area contributed by atoms with Crippen molar-refractivity contribution in [2.45, 2.75) is 143 Å². The fourth-order valence-corrected chi connectivity index (χ4v) is 4.03. The van der Waals surface area contributed by atoms with Crippen molar-refractivity contribution in [2.24, 2.45) is 0 Å². The van der Waals surface area contributed by atoms with Crippen molar-refractivity contribution in [1.82, 2.24) is 4.57 Å².